The first-order valence-electron chi connectivity index (χ1n) is 7.95. The molecule has 0 aliphatic heterocycles. The molecule has 1 fully saturated rings. The lowest BCUT2D eigenvalue weighted by Gasteiger charge is -2.25. The van der Waals surface area contributed by atoms with Crippen LogP contribution in [0.5, 0.6) is 5.75 Å². The number of rotatable bonds is 6. The molecular formula is C17H26FOPS. The zero-order chi connectivity index (χ0) is 15.2. The van der Waals surface area contributed by atoms with Crippen molar-refractivity contribution >= 4 is 26.3 Å². The molecule has 21 heavy (non-hydrogen) atoms. The maximum atomic E-state index is 14.4. The van der Waals surface area contributed by atoms with Gasteiger partial charge in [-0.2, -0.15) is 0 Å². The van der Waals surface area contributed by atoms with Crippen LogP contribution in [-0.4, -0.2) is 12.4 Å². The molecule has 1 aromatic rings. The van der Waals surface area contributed by atoms with Crippen LogP contribution in [0.1, 0.15) is 46.0 Å². The van der Waals surface area contributed by atoms with Gasteiger partial charge in [-0.05, 0) is 43.2 Å². The fourth-order valence-electron chi connectivity index (χ4n) is 2.71. The second kappa shape index (κ2) is 8.39. The van der Waals surface area contributed by atoms with Crippen molar-refractivity contribution < 1.29 is 9.13 Å². The van der Waals surface area contributed by atoms with E-state index >= 15 is 0 Å². The zero-order valence-corrected chi connectivity index (χ0v) is 15.0. The number of hydrogen-bond acceptors (Lipinski definition) is 2. The van der Waals surface area contributed by atoms with Gasteiger partial charge in [0.25, 0.3) is 0 Å². The van der Waals surface area contributed by atoms with Crippen LogP contribution in [0.4, 0.5) is 4.39 Å². The van der Waals surface area contributed by atoms with Gasteiger partial charge in [0.2, 0.25) is 0 Å². The Hall–Kier alpha value is -0.270. The highest BCUT2D eigenvalue weighted by molar-refractivity contribution is 7.99. The molecule has 0 radical (unpaired) electrons. The predicted octanol–water partition coefficient (Wildman–Crippen LogP) is 5.03. The zero-order valence-electron chi connectivity index (χ0n) is 13.0. The molecule has 0 aromatic heterocycles. The first-order chi connectivity index (χ1) is 10.1. The number of thioether (sulfide) groups is 1. The summed E-state index contributed by atoms with van der Waals surface area (Å²) in [4.78, 5) is 0.752. The van der Waals surface area contributed by atoms with E-state index in [4.69, 9.17) is 4.74 Å². The van der Waals surface area contributed by atoms with Gasteiger partial charge in [-0.25, -0.2) is 4.39 Å². The van der Waals surface area contributed by atoms with Crippen molar-refractivity contribution in [3.63, 3.8) is 0 Å². The Kier molecular flexibility index (Phi) is 6.82. The highest BCUT2D eigenvalue weighted by Crippen LogP contribution is 2.34. The molecule has 118 valence electrons. The van der Waals surface area contributed by atoms with Gasteiger partial charge in [0.05, 0.1) is 6.61 Å². The van der Waals surface area contributed by atoms with E-state index in [1.165, 1.54) is 25.7 Å². The Bertz CT molecular complexity index is 458. The highest BCUT2D eigenvalue weighted by Gasteiger charge is 2.19. The molecule has 1 aliphatic carbocycles. The molecule has 1 aliphatic rings. The minimum Gasteiger partial charge on any atom is -0.493 e. The second-order valence-electron chi connectivity index (χ2n) is 6.07. The molecular weight excluding hydrogens is 302 g/mol. The second-order valence-corrected chi connectivity index (χ2v) is 7.71. The lowest BCUT2D eigenvalue weighted by molar-refractivity contribution is 0.311. The lowest BCUT2D eigenvalue weighted by Crippen LogP contribution is -2.14. The standard InChI is InChI=1S/C17H26FOPS/c1-3-10-19-14-8-9-15(16(18)17(14)20)21-11-13-6-4-12(2)5-7-13/h8-9,12-13H,3-7,10-11,20H2,1-2H3. The Morgan fingerprint density at radius 2 is 2.00 bits per heavy atom. The van der Waals surface area contributed by atoms with Crippen LogP contribution in [-0.2, 0) is 0 Å². The Labute approximate surface area is 134 Å². The van der Waals surface area contributed by atoms with Crippen LogP contribution in [0.3, 0.4) is 0 Å². The van der Waals surface area contributed by atoms with Crippen molar-refractivity contribution in [2.45, 2.75) is 50.8 Å². The third-order valence-corrected chi connectivity index (χ3v) is 5.98. The summed E-state index contributed by atoms with van der Waals surface area (Å²) < 4.78 is 19.9. The van der Waals surface area contributed by atoms with Gasteiger partial charge >= 0.3 is 0 Å². The Balaban J connectivity index is 1.92. The van der Waals surface area contributed by atoms with Crippen molar-refractivity contribution in [3.8, 4) is 5.75 Å². The normalized spacial score (nSPS) is 22.3. The van der Waals surface area contributed by atoms with Gasteiger partial charge in [-0.15, -0.1) is 11.8 Å². The Morgan fingerprint density at radius 3 is 2.67 bits per heavy atom. The van der Waals surface area contributed by atoms with Gasteiger partial charge in [-0.1, -0.05) is 35.9 Å². The number of hydrogen-bond donors (Lipinski definition) is 0. The summed E-state index contributed by atoms with van der Waals surface area (Å²) >= 11 is 1.66. The number of ether oxygens (including phenoxy) is 1. The average Bonchev–Trinajstić information content (AvgIpc) is 2.49. The monoisotopic (exact) mass is 328 g/mol. The summed E-state index contributed by atoms with van der Waals surface area (Å²) in [5, 5.41) is 0.561. The van der Waals surface area contributed by atoms with Crippen molar-refractivity contribution in [2.75, 3.05) is 12.4 Å². The van der Waals surface area contributed by atoms with Gasteiger partial charge < -0.3 is 4.74 Å². The van der Waals surface area contributed by atoms with E-state index in [2.05, 4.69) is 16.2 Å². The summed E-state index contributed by atoms with van der Waals surface area (Å²) in [6.07, 6.45) is 6.17. The van der Waals surface area contributed by atoms with E-state index < -0.39 is 0 Å². The largest absolute Gasteiger partial charge is 0.493 e. The lowest BCUT2D eigenvalue weighted by atomic mass is 9.84. The van der Waals surface area contributed by atoms with E-state index in [0.717, 1.165) is 28.9 Å². The van der Waals surface area contributed by atoms with Crippen LogP contribution in [0.15, 0.2) is 17.0 Å². The molecule has 1 atom stereocenters. The quantitative estimate of drug-likeness (QED) is 0.535. The van der Waals surface area contributed by atoms with Crippen molar-refractivity contribution in [1.29, 1.82) is 0 Å². The molecule has 0 bridgehead atoms. The fraction of sp³-hybridized carbons (Fsp3) is 0.647. The van der Waals surface area contributed by atoms with Gasteiger partial charge in [-0.3, -0.25) is 0 Å². The van der Waals surface area contributed by atoms with Crippen LogP contribution in [0.25, 0.3) is 0 Å². The summed E-state index contributed by atoms with van der Waals surface area (Å²) in [7, 11) is 2.48. The smallest absolute Gasteiger partial charge is 0.147 e. The summed E-state index contributed by atoms with van der Waals surface area (Å²) in [5.74, 6) is 3.16. The summed E-state index contributed by atoms with van der Waals surface area (Å²) in [5.41, 5.74) is 0. The SMILES string of the molecule is CCCOc1ccc(SCC2CCC(C)CC2)c(F)c1P. The first kappa shape index (κ1) is 17.1. The molecule has 2 rings (SSSR count). The molecule has 0 N–H and O–H groups in total. The molecule has 0 spiro atoms. The number of halogens is 1. The molecule has 1 saturated carbocycles. The topological polar surface area (TPSA) is 9.23 Å². The molecule has 1 nitrogen and oxygen atoms in total. The number of benzene rings is 1. The minimum absolute atomic E-state index is 0.136. The molecule has 1 aromatic carbocycles. The van der Waals surface area contributed by atoms with E-state index in [1.807, 2.05) is 19.1 Å². The Morgan fingerprint density at radius 1 is 1.29 bits per heavy atom. The van der Waals surface area contributed by atoms with E-state index in [0.29, 0.717) is 17.7 Å². The molecule has 0 heterocycles. The van der Waals surface area contributed by atoms with Crippen LogP contribution in [0.2, 0.25) is 0 Å². The van der Waals surface area contributed by atoms with E-state index in [9.17, 15) is 4.39 Å². The van der Waals surface area contributed by atoms with Crippen molar-refractivity contribution in [2.24, 2.45) is 11.8 Å². The average molecular weight is 328 g/mol. The highest BCUT2D eigenvalue weighted by atomic mass is 32.2. The van der Waals surface area contributed by atoms with Crippen LogP contribution >= 0.6 is 21.0 Å². The molecule has 0 saturated heterocycles. The molecule has 1 unspecified atom stereocenters. The third-order valence-electron chi connectivity index (χ3n) is 4.18. The van der Waals surface area contributed by atoms with Crippen molar-refractivity contribution in [3.05, 3.63) is 17.9 Å². The molecule has 4 heteroatoms. The van der Waals surface area contributed by atoms with Crippen LogP contribution < -0.4 is 10.0 Å². The summed E-state index contributed by atoms with van der Waals surface area (Å²) in [6.45, 7) is 5.01. The first-order valence-corrected chi connectivity index (χ1v) is 9.51. The summed E-state index contributed by atoms with van der Waals surface area (Å²) in [6, 6.07) is 3.76. The van der Waals surface area contributed by atoms with Gasteiger partial charge in [0, 0.05) is 16.0 Å². The van der Waals surface area contributed by atoms with Crippen LogP contribution in [0, 0.1) is 17.7 Å². The van der Waals surface area contributed by atoms with Gasteiger partial charge in [0.15, 0.2) is 0 Å². The fourth-order valence-corrected chi connectivity index (χ4v) is 4.30. The third kappa shape index (κ3) is 4.86. The molecule has 0 amide bonds. The van der Waals surface area contributed by atoms with E-state index in [1.54, 1.807) is 11.8 Å². The minimum atomic E-state index is -0.136. The maximum absolute atomic E-state index is 14.4. The predicted molar refractivity (Wildman–Crippen MR) is 93.4 cm³/mol. The maximum Gasteiger partial charge on any atom is 0.147 e. The van der Waals surface area contributed by atoms with Gasteiger partial charge in [0.1, 0.15) is 11.6 Å². The van der Waals surface area contributed by atoms with E-state index in [-0.39, 0.29) is 5.82 Å². The van der Waals surface area contributed by atoms with Crippen molar-refractivity contribution in [1.82, 2.24) is 0 Å².